The summed E-state index contributed by atoms with van der Waals surface area (Å²) in [4.78, 5) is 79.6. The van der Waals surface area contributed by atoms with Crippen molar-refractivity contribution in [3.8, 4) is 23.0 Å². The second-order valence-electron chi connectivity index (χ2n) is 14.7. The van der Waals surface area contributed by atoms with Crippen molar-refractivity contribution < 1.29 is 78.0 Å². The highest BCUT2D eigenvalue weighted by atomic mass is 16.6. The molecule has 2 aromatic rings. The van der Waals surface area contributed by atoms with Gasteiger partial charge in [0.05, 0.1) is 0 Å². The van der Waals surface area contributed by atoms with Crippen LogP contribution in [0, 0.1) is 13.8 Å². The molecule has 16 nitrogen and oxygen atoms in total. The molecule has 60 heavy (non-hydrogen) atoms. The highest BCUT2D eigenvalue weighted by molar-refractivity contribution is 6.29. The molecular weight excluding hydrogens is 784 g/mol. The van der Waals surface area contributed by atoms with Crippen molar-refractivity contribution in [1.29, 1.82) is 0 Å². The van der Waals surface area contributed by atoms with E-state index in [2.05, 4.69) is 0 Å². The van der Waals surface area contributed by atoms with Crippen LogP contribution < -0.4 is 0 Å². The number of benzene rings is 2. The van der Waals surface area contributed by atoms with Crippen LogP contribution in [0.4, 0.5) is 0 Å². The first-order valence-corrected chi connectivity index (χ1v) is 18.4. The number of phenolic OH excluding ortho intramolecular Hbond substituents is 4. The van der Waals surface area contributed by atoms with Crippen LogP contribution >= 0.6 is 0 Å². The molecule has 0 unspecified atom stereocenters. The number of aryl methyl sites for hydroxylation is 2. The number of ketones is 3. The van der Waals surface area contributed by atoms with Crippen molar-refractivity contribution in [3.05, 3.63) is 128 Å². The number of rotatable bonds is 9. The van der Waals surface area contributed by atoms with Crippen molar-refractivity contribution in [1.82, 2.24) is 0 Å². The third kappa shape index (κ3) is 8.09. The minimum atomic E-state index is -2.44. The van der Waals surface area contributed by atoms with Crippen LogP contribution in [-0.4, -0.2) is 97.9 Å². The number of allylic oxidation sites excluding steroid dienone is 7. The molecule has 2 aromatic carbocycles. The Hall–Kier alpha value is -7.20. The second kappa shape index (κ2) is 16.2. The number of aliphatic hydroxyl groups is 1. The van der Waals surface area contributed by atoms with E-state index in [0.29, 0.717) is 5.57 Å². The van der Waals surface area contributed by atoms with Gasteiger partial charge in [0.25, 0.3) is 0 Å². The average Bonchev–Trinajstić information content (AvgIpc) is 3.15. The van der Waals surface area contributed by atoms with Crippen molar-refractivity contribution in [2.75, 3.05) is 19.8 Å². The van der Waals surface area contributed by atoms with Crippen LogP contribution in [-0.2, 0) is 42.9 Å². The Morgan fingerprint density at radius 2 is 1.38 bits per heavy atom. The molecule has 5 N–H and O–H groups in total. The number of aromatic hydroxyl groups is 4. The topological polar surface area (TPSA) is 250 Å². The monoisotopic (exact) mass is 824 g/mol. The predicted molar refractivity (Wildman–Crippen MR) is 207 cm³/mol. The quantitative estimate of drug-likeness (QED) is 0.103. The molecule has 0 radical (unpaired) electrons. The lowest BCUT2D eigenvalue weighted by atomic mass is 9.75. The fraction of sp³-hybridized carbons (Fsp3) is 0.273. The van der Waals surface area contributed by atoms with Gasteiger partial charge in [-0.2, -0.15) is 0 Å². The standard InChI is InChI=1S/C44H40O16/c1-21-12-25(46)16-33(48)36(21)41(53)59-35-15-24-14-27(57-19-31(24)38(50)43(35,4)55)8-6-10-29-30-18-28(9-7-11-56-23(3)45)58-20-32(30)40(52)44(5,39(29)51)60-42(54)37-22(2)13-26(47)17-34(37)49/h6-10,12-14,16-18,35,46-49,55H,11,15,19-20H2,1-5H3/b8-6+,9-7+,29-10-/t35-,43-,44+/m1/s1. The van der Waals surface area contributed by atoms with Gasteiger partial charge in [-0.05, 0) is 92.5 Å². The summed E-state index contributed by atoms with van der Waals surface area (Å²) in [6, 6.07) is 4.30. The summed E-state index contributed by atoms with van der Waals surface area (Å²) in [5.41, 5.74) is -4.35. The van der Waals surface area contributed by atoms with E-state index >= 15 is 0 Å². The lowest BCUT2D eigenvalue weighted by Crippen LogP contribution is -2.53. The molecule has 2 aliphatic heterocycles. The summed E-state index contributed by atoms with van der Waals surface area (Å²) in [5, 5.41) is 51.6. The van der Waals surface area contributed by atoms with Gasteiger partial charge in [0.2, 0.25) is 17.2 Å². The summed E-state index contributed by atoms with van der Waals surface area (Å²) >= 11 is 0. The maximum absolute atomic E-state index is 14.3. The summed E-state index contributed by atoms with van der Waals surface area (Å²) in [6.07, 6.45) is 8.56. The average molecular weight is 825 g/mol. The molecule has 312 valence electrons. The molecule has 4 aliphatic rings. The van der Waals surface area contributed by atoms with Gasteiger partial charge in [0.15, 0.2) is 11.4 Å². The van der Waals surface area contributed by atoms with Crippen molar-refractivity contribution >= 4 is 35.3 Å². The normalized spacial score (nSPS) is 23.5. The number of phenols is 4. The number of hydrogen-bond donors (Lipinski definition) is 5. The lowest BCUT2D eigenvalue weighted by molar-refractivity contribution is -0.147. The molecular formula is C44H40O16. The summed E-state index contributed by atoms with van der Waals surface area (Å²) in [7, 11) is 0. The number of ether oxygens (including phenoxy) is 5. The molecule has 0 fully saturated rings. The highest BCUT2D eigenvalue weighted by Crippen LogP contribution is 2.40. The summed E-state index contributed by atoms with van der Waals surface area (Å²) in [5.74, 6) is -6.70. The highest BCUT2D eigenvalue weighted by Gasteiger charge is 2.53. The molecule has 16 heteroatoms. The molecule has 6 rings (SSSR count). The van der Waals surface area contributed by atoms with E-state index in [4.69, 9.17) is 23.7 Å². The first-order valence-electron chi connectivity index (χ1n) is 18.4. The SMILES string of the molecule is CC(=O)OC/C=C/C1=CC2=C(CO1)C(=O)[C@@](C)(OC(=O)c1c(C)cc(O)cc1O)C(=O)/C2=C\C=C\C1=CC2=C(CO1)C(=O)[C@](C)(O)[C@H](OC(=O)c1c(C)cc(O)cc1O)C2. The van der Waals surface area contributed by atoms with E-state index < -0.39 is 64.1 Å². The number of Topliss-reactive ketones (excluding diaryl/α,β-unsaturated/α-hetero) is 3. The van der Waals surface area contributed by atoms with Gasteiger partial charge in [0, 0.05) is 42.2 Å². The molecule has 0 saturated carbocycles. The third-order valence-corrected chi connectivity index (χ3v) is 10.3. The Labute approximate surface area is 342 Å². The van der Waals surface area contributed by atoms with Crippen LogP contribution in [0.15, 0.2) is 106 Å². The molecule has 0 aromatic heterocycles. The minimum Gasteiger partial charge on any atom is -0.508 e. The fourth-order valence-electron chi connectivity index (χ4n) is 7.13. The Balaban J connectivity index is 1.32. The van der Waals surface area contributed by atoms with E-state index in [9.17, 15) is 54.3 Å². The van der Waals surface area contributed by atoms with Crippen LogP contribution in [0.5, 0.6) is 23.0 Å². The number of esters is 3. The number of carbonyl (C=O) groups is 6. The third-order valence-electron chi connectivity index (χ3n) is 10.3. The van der Waals surface area contributed by atoms with Crippen LogP contribution in [0.1, 0.15) is 59.0 Å². The van der Waals surface area contributed by atoms with Gasteiger partial charge < -0.3 is 49.2 Å². The Morgan fingerprint density at radius 3 is 1.98 bits per heavy atom. The number of carbonyl (C=O) groups excluding carboxylic acids is 6. The number of hydrogen-bond acceptors (Lipinski definition) is 16. The largest absolute Gasteiger partial charge is 0.508 e. The summed E-state index contributed by atoms with van der Waals surface area (Å²) in [6.45, 7) is 5.75. The first kappa shape index (κ1) is 42.4. The zero-order valence-electron chi connectivity index (χ0n) is 33.0. The fourth-order valence-corrected chi connectivity index (χ4v) is 7.13. The summed E-state index contributed by atoms with van der Waals surface area (Å²) < 4.78 is 27.6. The van der Waals surface area contributed by atoms with E-state index in [0.717, 1.165) is 19.1 Å². The van der Waals surface area contributed by atoms with Crippen molar-refractivity contribution in [3.63, 3.8) is 0 Å². The van der Waals surface area contributed by atoms with Crippen molar-refractivity contribution in [2.45, 2.75) is 58.3 Å². The minimum absolute atomic E-state index is 0.0135. The van der Waals surface area contributed by atoms with Crippen LogP contribution in [0.25, 0.3) is 0 Å². The van der Waals surface area contributed by atoms with E-state index in [1.165, 1.54) is 82.4 Å². The van der Waals surface area contributed by atoms with Gasteiger partial charge in [-0.15, -0.1) is 0 Å². The Morgan fingerprint density at radius 1 is 0.800 bits per heavy atom. The van der Waals surface area contributed by atoms with E-state index in [1.54, 1.807) is 0 Å². The van der Waals surface area contributed by atoms with Crippen LogP contribution in [0.2, 0.25) is 0 Å². The smallest absolute Gasteiger partial charge is 0.343 e. The van der Waals surface area contributed by atoms with Gasteiger partial charge in [-0.1, -0.05) is 12.2 Å². The van der Waals surface area contributed by atoms with E-state index in [1.807, 2.05) is 0 Å². The molecule has 2 aliphatic carbocycles. The predicted octanol–water partition coefficient (Wildman–Crippen LogP) is 4.17. The van der Waals surface area contributed by atoms with Gasteiger partial charge in [0.1, 0.15) is 71.6 Å². The van der Waals surface area contributed by atoms with Crippen molar-refractivity contribution in [2.24, 2.45) is 0 Å². The molecule has 0 saturated heterocycles. The molecule has 0 bridgehead atoms. The van der Waals surface area contributed by atoms with Crippen LogP contribution in [0.3, 0.4) is 0 Å². The first-order chi connectivity index (χ1) is 28.2. The Kier molecular flexibility index (Phi) is 11.5. The van der Waals surface area contributed by atoms with Gasteiger partial charge in [-0.3, -0.25) is 19.2 Å². The van der Waals surface area contributed by atoms with Gasteiger partial charge in [-0.25, -0.2) is 9.59 Å². The Bertz CT molecular complexity index is 2440. The second-order valence-corrected chi connectivity index (χ2v) is 14.7. The maximum atomic E-state index is 14.3. The van der Waals surface area contributed by atoms with E-state index in [-0.39, 0.29) is 93.8 Å². The maximum Gasteiger partial charge on any atom is 0.343 e. The van der Waals surface area contributed by atoms with Gasteiger partial charge >= 0.3 is 17.9 Å². The molecule has 3 atom stereocenters. The molecule has 0 amide bonds. The lowest BCUT2D eigenvalue weighted by Gasteiger charge is -2.38. The zero-order chi connectivity index (χ0) is 43.8. The zero-order valence-corrected chi connectivity index (χ0v) is 33.0. The molecule has 2 heterocycles. The molecule has 0 spiro atoms.